The summed E-state index contributed by atoms with van der Waals surface area (Å²) >= 11 is 3.21. The maximum Gasteiger partial charge on any atom is 0.337 e. The van der Waals surface area contributed by atoms with Gasteiger partial charge in [0.05, 0.1) is 31.4 Å². The fourth-order valence-corrected chi connectivity index (χ4v) is 2.73. The molecule has 0 aromatic heterocycles. The van der Waals surface area contributed by atoms with Gasteiger partial charge in [-0.25, -0.2) is 4.79 Å². The number of anilines is 1. The lowest BCUT2D eigenvalue weighted by Gasteiger charge is -2.15. The van der Waals surface area contributed by atoms with Crippen LogP contribution in [0.1, 0.15) is 10.4 Å². The van der Waals surface area contributed by atoms with Crippen LogP contribution in [0, 0.1) is 0 Å². The zero-order valence-electron chi connectivity index (χ0n) is 12.8. The quantitative estimate of drug-likeness (QED) is 0.590. The van der Waals surface area contributed by atoms with Gasteiger partial charge in [0, 0.05) is 16.7 Å². The Morgan fingerprint density at radius 2 is 2.17 bits per heavy atom. The van der Waals surface area contributed by atoms with E-state index in [2.05, 4.69) is 21.2 Å². The summed E-state index contributed by atoms with van der Waals surface area (Å²) in [5, 5.41) is 11.9. The first-order chi connectivity index (χ1) is 11.4. The lowest BCUT2D eigenvalue weighted by Crippen LogP contribution is -2.31. The largest absolute Gasteiger partial charge is 0.466 e. The number of hydrogen-bond donors (Lipinski definition) is 3. The molecule has 1 heterocycles. The molecular weight excluding hydrogens is 382 g/mol. The molecule has 0 atom stereocenters. The molecule has 0 spiro atoms. The van der Waals surface area contributed by atoms with Crippen molar-refractivity contribution in [1.82, 2.24) is 4.90 Å². The van der Waals surface area contributed by atoms with Crippen LogP contribution in [0.2, 0.25) is 0 Å². The minimum Gasteiger partial charge on any atom is -0.466 e. The SMILES string of the molecule is COC(=O)C1=C(Nc2ccc(Br)c(C(N)=O)c2)C(=O)N(CCO)C1. The fraction of sp³-hybridized carbons (Fsp3) is 0.267. The molecule has 4 N–H and O–H groups in total. The number of aliphatic hydroxyl groups is 1. The molecule has 0 aliphatic carbocycles. The third-order valence-corrected chi connectivity index (χ3v) is 4.15. The number of nitrogens with two attached hydrogens (primary N) is 1. The zero-order chi connectivity index (χ0) is 17.9. The third kappa shape index (κ3) is 3.57. The Bertz CT molecular complexity index is 732. The number of ether oxygens (including phenoxy) is 1. The molecule has 8 nitrogen and oxygen atoms in total. The topological polar surface area (TPSA) is 122 Å². The van der Waals surface area contributed by atoms with E-state index in [-0.39, 0.29) is 36.5 Å². The summed E-state index contributed by atoms with van der Waals surface area (Å²) in [7, 11) is 1.22. The summed E-state index contributed by atoms with van der Waals surface area (Å²) in [5.74, 6) is -1.71. The fourth-order valence-electron chi connectivity index (χ4n) is 2.29. The molecule has 9 heteroatoms. The van der Waals surface area contributed by atoms with Crippen molar-refractivity contribution in [3.05, 3.63) is 39.5 Å². The molecule has 0 saturated carbocycles. The second-order valence-electron chi connectivity index (χ2n) is 4.98. The summed E-state index contributed by atoms with van der Waals surface area (Å²) in [4.78, 5) is 37.0. The lowest BCUT2D eigenvalue weighted by molar-refractivity contribution is -0.136. The highest BCUT2D eigenvalue weighted by Gasteiger charge is 2.34. The van der Waals surface area contributed by atoms with Gasteiger partial charge < -0.3 is 25.8 Å². The average Bonchev–Trinajstić information content (AvgIpc) is 2.85. The highest BCUT2D eigenvalue weighted by Crippen LogP contribution is 2.25. The van der Waals surface area contributed by atoms with Gasteiger partial charge in [0.15, 0.2) is 0 Å². The highest BCUT2D eigenvalue weighted by atomic mass is 79.9. The van der Waals surface area contributed by atoms with Crippen molar-refractivity contribution in [1.29, 1.82) is 0 Å². The van der Waals surface area contributed by atoms with Gasteiger partial charge in [-0.15, -0.1) is 0 Å². The first-order valence-corrected chi connectivity index (χ1v) is 7.76. The van der Waals surface area contributed by atoms with Gasteiger partial charge in [0.2, 0.25) is 5.91 Å². The maximum atomic E-state index is 12.4. The summed E-state index contributed by atoms with van der Waals surface area (Å²) < 4.78 is 5.21. The second-order valence-corrected chi connectivity index (χ2v) is 5.83. The highest BCUT2D eigenvalue weighted by molar-refractivity contribution is 9.10. The molecule has 24 heavy (non-hydrogen) atoms. The Labute approximate surface area is 146 Å². The van der Waals surface area contributed by atoms with E-state index in [1.807, 2.05) is 0 Å². The number of carbonyl (C=O) groups is 3. The van der Waals surface area contributed by atoms with Gasteiger partial charge in [0.1, 0.15) is 5.70 Å². The van der Waals surface area contributed by atoms with E-state index in [9.17, 15) is 14.4 Å². The molecular formula is C15H16BrN3O5. The number of halogens is 1. The normalized spacial score (nSPS) is 14.1. The molecule has 2 rings (SSSR count). The van der Waals surface area contributed by atoms with Crippen molar-refractivity contribution >= 4 is 39.4 Å². The number of methoxy groups -OCH3 is 1. The van der Waals surface area contributed by atoms with Gasteiger partial charge in [0.25, 0.3) is 5.91 Å². The van der Waals surface area contributed by atoms with E-state index in [4.69, 9.17) is 15.6 Å². The molecule has 0 radical (unpaired) electrons. The van der Waals surface area contributed by atoms with E-state index in [1.165, 1.54) is 18.1 Å². The number of carbonyl (C=O) groups excluding carboxylic acids is 3. The molecule has 128 valence electrons. The molecule has 1 aliphatic heterocycles. The van der Waals surface area contributed by atoms with Crippen molar-refractivity contribution in [2.75, 3.05) is 32.1 Å². The number of esters is 1. The number of rotatable bonds is 6. The van der Waals surface area contributed by atoms with E-state index in [1.54, 1.807) is 12.1 Å². The maximum absolute atomic E-state index is 12.4. The number of primary amides is 1. The lowest BCUT2D eigenvalue weighted by atomic mass is 10.1. The Balaban J connectivity index is 2.37. The minimum atomic E-state index is -0.640. The standard InChI is InChI=1S/C15H16BrN3O5/c1-24-15(23)10-7-19(4-5-20)14(22)12(10)18-8-2-3-11(16)9(6-8)13(17)21/h2-3,6,18,20H,4-5,7H2,1H3,(H2,17,21). The molecule has 1 aromatic carbocycles. The van der Waals surface area contributed by atoms with E-state index in [0.29, 0.717) is 10.2 Å². The summed E-state index contributed by atoms with van der Waals surface area (Å²) in [6.45, 7) is -0.0947. The Hall–Kier alpha value is -2.39. The molecule has 1 aromatic rings. The number of amides is 2. The number of β-amino-alcohol motifs (C(OH)–C–C–N with tert-alkyl or cyclic N) is 1. The predicted octanol–water partition coefficient (Wildman–Crippen LogP) is 0.221. The smallest absolute Gasteiger partial charge is 0.337 e. The number of nitrogens with zero attached hydrogens (tertiary/aromatic N) is 1. The number of nitrogens with one attached hydrogen (secondary N) is 1. The molecule has 2 amide bonds. The van der Waals surface area contributed by atoms with Gasteiger partial charge >= 0.3 is 5.97 Å². The van der Waals surface area contributed by atoms with E-state index < -0.39 is 17.8 Å². The van der Waals surface area contributed by atoms with Crippen LogP contribution in [0.4, 0.5) is 5.69 Å². The first-order valence-electron chi connectivity index (χ1n) is 6.97. The average molecular weight is 398 g/mol. The summed E-state index contributed by atoms with van der Waals surface area (Å²) in [5.41, 5.74) is 6.15. The van der Waals surface area contributed by atoms with Crippen LogP contribution in [0.5, 0.6) is 0 Å². The van der Waals surface area contributed by atoms with Crippen molar-refractivity contribution in [2.45, 2.75) is 0 Å². The van der Waals surface area contributed by atoms with Crippen molar-refractivity contribution < 1.29 is 24.2 Å². The summed E-state index contributed by atoms with van der Waals surface area (Å²) in [6, 6.07) is 4.70. The van der Waals surface area contributed by atoms with Crippen molar-refractivity contribution in [2.24, 2.45) is 5.73 Å². The van der Waals surface area contributed by atoms with Gasteiger partial charge in [-0.1, -0.05) is 0 Å². The van der Waals surface area contributed by atoms with Crippen LogP contribution in [0.3, 0.4) is 0 Å². The molecule has 0 fully saturated rings. The Morgan fingerprint density at radius 1 is 1.46 bits per heavy atom. The number of benzene rings is 1. The Kier molecular flexibility index (Phi) is 5.58. The van der Waals surface area contributed by atoms with Gasteiger partial charge in [-0.2, -0.15) is 0 Å². The minimum absolute atomic E-state index is 0.0353. The van der Waals surface area contributed by atoms with Crippen molar-refractivity contribution in [3.8, 4) is 0 Å². The van der Waals surface area contributed by atoms with Crippen LogP contribution >= 0.6 is 15.9 Å². The van der Waals surface area contributed by atoms with Crippen molar-refractivity contribution in [3.63, 3.8) is 0 Å². The summed E-state index contributed by atoms with van der Waals surface area (Å²) in [6.07, 6.45) is 0. The first kappa shape index (κ1) is 18.0. The van der Waals surface area contributed by atoms with Gasteiger partial charge in [-0.3, -0.25) is 9.59 Å². The second kappa shape index (κ2) is 7.45. The van der Waals surface area contributed by atoms with Gasteiger partial charge in [-0.05, 0) is 34.1 Å². The van der Waals surface area contributed by atoms with E-state index >= 15 is 0 Å². The molecule has 1 aliphatic rings. The molecule has 0 saturated heterocycles. The molecule has 0 unspecified atom stereocenters. The van der Waals surface area contributed by atoms with Crippen LogP contribution in [0.25, 0.3) is 0 Å². The Morgan fingerprint density at radius 3 is 2.75 bits per heavy atom. The van der Waals surface area contributed by atoms with Crippen LogP contribution in [0.15, 0.2) is 33.9 Å². The number of aliphatic hydroxyl groups excluding tert-OH is 1. The van der Waals surface area contributed by atoms with Crippen LogP contribution in [-0.4, -0.2) is 54.6 Å². The zero-order valence-corrected chi connectivity index (χ0v) is 14.4. The molecule has 0 bridgehead atoms. The van der Waals surface area contributed by atoms with Crippen LogP contribution in [-0.2, 0) is 14.3 Å². The van der Waals surface area contributed by atoms with E-state index in [0.717, 1.165) is 0 Å². The monoisotopic (exact) mass is 397 g/mol. The number of hydrogen-bond acceptors (Lipinski definition) is 6. The van der Waals surface area contributed by atoms with Crippen LogP contribution < -0.4 is 11.1 Å². The third-order valence-electron chi connectivity index (χ3n) is 3.45. The predicted molar refractivity (Wildman–Crippen MR) is 89.0 cm³/mol.